The standard InChI is InChI=1S/C12H10ClN5/c13-10-5-8(7-14)1-2-11(10)17-9-3-4-16-12(6-9)18-15/h1-6H,15H2,(H2,16,17,18). The van der Waals surface area contributed by atoms with E-state index >= 15 is 0 Å². The minimum Gasteiger partial charge on any atom is -0.354 e. The fourth-order valence-electron chi connectivity index (χ4n) is 1.43. The Balaban J connectivity index is 2.26. The van der Waals surface area contributed by atoms with E-state index in [1.807, 2.05) is 6.07 Å². The number of nitrogens with zero attached hydrogens (tertiary/aromatic N) is 2. The van der Waals surface area contributed by atoms with Gasteiger partial charge in [0, 0.05) is 18.0 Å². The summed E-state index contributed by atoms with van der Waals surface area (Å²) in [6.07, 6.45) is 1.62. The van der Waals surface area contributed by atoms with Gasteiger partial charge in [-0.25, -0.2) is 10.8 Å². The fourth-order valence-corrected chi connectivity index (χ4v) is 1.66. The highest BCUT2D eigenvalue weighted by Crippen LogP contribution is 2.26. The molecule has 0 aliphatic carbocycles. The van der Waals surface area contributed by atoms with Crippen LogP contribution in [0.15, 0.2) is 36.5 Å². The number of halogens is 1. The molecule has 4 N–H and O–H groups in total. The number of nitrogen functional groups attached to an aromatic ring is 1. The third-order valence-electron chi connectivity index (χ3n) is 2.29. The second-order valence-electron chi connectivity index (χ2n) is 3.51. The molecule has 6 heteroatoms. The Morgan fingerprint density at radius 3 is 2.78 bits per heavy atom. The second-order valence-corrected chi connectivity index (χ2v) is 3.91. The minimum absolute atomic E-state index is 0.480. The van der Waals surface area contributed by atoms with Gasteiger partial charge in [-0.15, -0.1) is 0 Å². The van der Waals surface area contributed by atoms with Crippen LogP contribution in [0.25, 0.3) is 0 Å². The molecular weight excluding hydrogens is 250 g/mol. The average molecular weight is 260 g/mol. The Morgan fingerprint density at radius 2 is 2.11 bits per heavy atom. The van der Waals surface area contributed by atoms with Gasteiger partial charge in [-0.3, -0.25) is 0 Å². The molecule has 0 amide bonds. The lowest BCUT2D eigenvalue weighted by molar-refractivity contribution is 1.23. The van der Waals surface area contributed by atoms with Gasteiger partial charge in [0.2, 0.25) is 0 Å². The lowest BCUT2D eigenvalue weighted by atomic mass is 10.2. The number of hydrogen-bond donors (Lipinski definition) is 3. The minimum atomic E-state index is 0.480. The molecule has 90 valence electrons. The number of nitrogens with two attached hydrogens (primary N) is 1. The van der Waals surface area contributed by atoms with E-state index in [2.05, 4.69) is 15.7 Å². The maximum Gasteiger partial charge on any atom is 0.141 e. The number of hydrogen-bond acceptors (Lipinski definition) is 5. The Labute approximate surface area is 109 Å². The quantitative estimate of drug-likeness (QED) is 0.583. The Kier molecular flexibility index (Phi) is 3.63. The first-order valence-electron chi connectivity index (χ1n) is 5.12. The number of anilines is 3. The van der Waals surface area contributed by atoms with Crippen LogP contribution in [-0.2, 0) is 0 Å². The van der Waals surface area contributed by atoms with Gasteiger partial charge in [0.05, 0.1) is 22.3 Å². The predicted molar refractivity (Wildman–Crippen MR) is 71.5 cm³/mol. The monoisotopic (exact) mass is 259 g/mol. The van der Waals surface area contributed by atoms with Gasteiger partial charge in [0.1, 0.15) is 5.82 Å². The van der Waals surface area contributed by atoms with Crippen LogP contribution in [0.4, 0.5) is 17.2 Å². The molecule has 0 aliphatic rings. The first kappa shape index (κ1) is 12.2. The molecule has 0 aliphatic heterocycles. The van der Waals surface area contributed by atoms with E-state index in [4.69, 9.17) is 22.7 Å². The highest BCUT2D eigenvalue weighted by Gasteiger charge is 2.03. The van der Waals surface area contributed by atoms with Crippen LogP contribution < -0.4 is 16.6 Å². The summed E-state index contributed by atoms with van der Waals surface area (Å²) in [6.45, 7) is 0. The summed E-state index contributed by atoms with van der Waals surface area (Å²) in [5.41, 5.74) is 4.49. The van der Waals surface area contributed by atoms with Crippen LogP contribution in [0.1, 0.15) is 5.56 Å². The molecule has 1 heterocycles. The number of hydrazine groups is 1. The van der Waals surface area contributed by atoms with Crippen molar-refractivity contribution in [1.29, 1.82) is 5.26 Å². The lowest BCUT2D eigenvalue weighted by Gasteiger charge is -2.09. The van der Waals surface area contributed by atoms with Crippen molar-refractivity contribution in [2.45, 2.75) is 0 Å². The van der Waals surface area contributed by atoms with Crippen LogP contribution in [0.3, 0.4) is 0 Å². The van der Waals surface area contributed by atoms with E-state index in [0.29, 0.717) is 22.1 Å². The Bertz CT molecular complexity index is 606. The van der Waals surface area contributed by atoms with E-state index in [0.717, 1.165) is 5.69 Å². The number of nitrogens with one attached hydrogen (secondary N) is 2. The molecule has 0 unspecified atom stereocenters. The van der Waals surface area contributed by atoms with E-state index in [9.17, 15) is 0 Å². The van der Waals surface area contributed by atoms with Crippen molar-refractivity contribution in [1.82, 2.24) is 4.98 Å². The molecule has 18 heavy (non-hydrogen) atoms. The fraction of sp³-hybridized carbons (Fsp3) is 0. The summed E-state index contributed by atoms with van der Waals surface area (Å²) in [5, 5.41) is 12.4. The lowest BCUT2D eigenvalue weighted by Crippen LogP contribution is -2.08. The zero-order valence-corrected chi connectivity index (χ0v) is 10.1. The van der Waals surface area contributed by atoms with Gasteiger partial charge in [0.25, 0.3) is 0 Å². The maximum absolute atomic E-state index is 8.75. The summed E-state index contributed by atoms with van der Waals surface area (Å²) in [4.78, 5) is 4.00. The van der Waals surface area contributed by atoms with Crippen LogP contribution >= 0.6 is 11.6 Å². The zero-order chi connectivity index (χ0) is 13.0. The molecule has 0 spiro atoms. The number of rotatable bonds is 3. The molecule has 1 aromatic heterocycles. The molecule has 5 nitrogen and oxygen atoms in total. The van der Waals surface area contributed by atoms with Gasteiger partial charge in [-0.1, -0.05) is 11.6 Å². The number of aromatic nitrogens is 1. The number of benzene rings is 1. The second kappa shape index (κ2) is 5.36. The summed E-state index contributed by atoms with van der Waals surface area (Å²) in [7, 11) is 0. The molecule has 0 bridgehead atoms. The molecule has 1 aromatic carbocycles. The number of nitriles is 1. The summed E-state index contributed by atoms with van der Waals surface area (Å²) < 4.78 is 0. The predicted octanol–water partition coefficient (Wildman–Crippen LogP) is 2.64. The van der Waals surface area contributed by atoms with Crippen LogP contribution in [0, 0.1) is 11.3 Å². The Morgan fingerprint density at radius 1 is 1.28 bits per heavy atom. The van der Waals surface area contributed by atoms with Gasteiger partial charge < -0.3 is 10.7 Å². The molecule has 2 aromatic rings. The van der Waals surface area contributed by atoms with E-state index < -0.39 is 0 Å². The molecule has 0 saturated heterocycles. The first-order valence-corrected chi connectivity index (χ1v) is 5.50. The van der Waals surface area contributed by atoms with Crippen molar-refractivity contribution in [3.8, 4) is 6.07 Å². The topological polar surface area (TPSA) is 86.8 Å². The summed E-state index contributed by atoms with van der Waals surface area (Å²) in [5.74, 6) is 5.82. The van der Waals surface area contributed by atoms with Crippen molar-refractivity contribution in [2.24, 2.45) is 5.84 Å². The number of pyridine rings is 1. The third kappa shape index (κ3) is 2.69. The smallest absolute Gasteiger partial charge is 0.141 e. The molecule has 0 saturated carbocycles. The molecule has 2 rings (SSSR count). The molecule has 0 fully saturated rings. The normalized spacial score (nSPS) is 9.61. The van der Waals surface area contributed by atoms with Crippen molar-refractivity contribution < 1.29 is 0 Å². The van der Waals surface area contributed by atoms with Gasteiger partial charge >= 0.3 is 0 Å². The molecule has 0 radical (unpaired) electrons. The Hall–Kier alpha value is -2.29. The highest BCUT2D eigenvalue weighted by atomic mass is 35.5. The van der Waals surface area contributed by atoms with Crippen molar-refractivity contribution in [3.63, 3.8) is 0 Å². The molecular formula is C12H10ClN5. The highest BCUT2D eigenvalue weighted by molar-refractivity contribution is 6.33. The average Bonchev–Trinajstić information content (AvgIpc) is 2.41. The maximum atomic E-state index is 8.75. The zero-order valence-electron chi connectivity index (χ0n) is 9.31. The van der Waals surface area contributed by atoms with Crippen LogP contribution in [0.5, 0.6) is 0 Å². The summed E-state index contributed by atoms with van der Waals surface area (Å²) in [6, 6.07) is 10.6. The largest absolute Gasteiger partial charge is 0.354 e. The van der Waals surface area contributed by atoms with Crippen LogP contribution in [-0.4, -0.2) is 4.98 Å². The van der Waals surface area contributed by atoms with E-state index in [1.54, 1.807) is 36.5 Å². The van der Waals surface area contributed by atoms with Gasteiger partial charge in [-0.2, -0.15) is 5.26 Å². The molecule has 0 atom stereocenters. The van der Waals surface area contributed by atoms with Crippen molar-refractivity contribution in [2.75, 3.05) is 10.7 Å². The van der Waals surface area contributed by atoms with Crippen molar-refractivity contribution >= 4 is 28.8 Å². The van der Waals surface area contributed by atoms with E-state index in [-0.39, 0.29) is 0 Å². The summed E-state index contributed by atoms with van der Waals surface area (Å²) >= 11 is 6.06. The van der Waals surface area contributed by atoms with Crippen molar-refractivity contribution in [3.05, 3.63) is 47.1 Å². The van der Waals surface area contributed by atoms with Gasteiger partial charge in [-0.05, 0) is 24.3 Å². The first-order chi connectivity index (χ1) is 8.72. The third-order valence-corrected chi connectivity index (χ3v) is 2.60. The van der Waals surface area contributed by atoms with Gasteiger partial charge in [0.15, 0.2) is 0 Å². The van der Waals surface area contributed by atoms with E-state index in [1.165, 1.54) is 0 Å². The van der Waals surface area contributed by atoms with Crippen LogP contribution in [0.2, 0.25) is 5.02 Å². The SMILES string of the molecule is N#Cc1ccc(Nc2ccnc(NN)c2)c(Cl)c1.